The zero-order valence-electron chi connectivity index (χ0n) is 19.6. The van der Waals surface area contributed by atoms with Gasteiger partial charge in [-0.2, -0.15) is 0 Å². The average molecular weight is 565 g/mol. The fraction of sp³-hybridized carbons (Fsp3) is 0.458. The molecule has 35 heavy (non-hydrogen) atoms. The van der Waals surface area contributed by atoms with E-state index in [1.165, 1.54) is 23.1 Å². The van der Waals surface area contributed by atoms with Crippen LogP contribution in [0.5, 0.6) is 0 Å². The molecular formula is C24H29Cl3FN3O3S. The lowest BCUT2D eigenvalue weighted by atomic mass is 9.90. The van der Waals surface area contributed by atoms with Crippen LogP contribution in [0.4, 0.5) is 4.39 Å². The number of likely N-dealkylation sites (tertiary alicyclic amines) is 1. The topological polar surface area (TPSA) is 69.7 Å². The molecule has 0 spiro atoms. The maximum atomic E-state index is 16.7. The van der Waals surface area contributed by atoms with Gasteiger partial charge in [0, 0.05) is 43.2 Å². The van der Waals surface area contributed by atoms with Gasteiger partial charge in [0.1, 0.15) is 0 Å². The maximum Gasteiger partial charge on any atom is 0.265 e. The monoisotopic (exact) mass is 563 g/mol. The molecule has 1 heterocycles. The van der Waals surface area contributed by atoms with Crippen LogP contribution < -0.4 is 4.72 Å². The van der Waals surface area contributed by atoms with Crippen molar-refractivity contribution in [1.29, 1.82) is 0 Å². The second kappa shape index (κ2) is 11.8. The van der Waals surface area contributed by atoms with Crippen LogP contribution in [0.3, 0.4) is 0 Å². The number of hydrogen-bond acceptors (Lipinski definition) is 4. The maximum absolute atomic E-state index is 16.7. The Hall–Kier alpha value is -1.42. The predicted octanol–water partition coefficient (Wildman–Crippen LogP) is 4.87. The fourth-order valence-corrected chi connectivity index (χ4v) is 5.51. The average Bonchev–Trinajstić information content (AvgIpc) is 2.80. The number of nitrogens with zero attached hydrogens (tertiary/aromatic N) is 2. The van der Waals surface area contributed by atoms with Crippen molar-refractivity contribution in [2.45, 2.75) is 37.5 Å². The van der Waals surface area contributed by atoms with Crippen molar-refractivity contribution < 1.29 is 17.6 Å². The molecule has 1 aliphatic rings. The number of halogens is 4. The molecule has 1 unspecified atom stereocenters. The molecule has 6 nitrogen and oxygen atoms in total. The minimum Gasteiger partial charge on any atom is -0.338 e. The second-order valence-electron chi connectivity index (χ2n) is 8.97. The Morgan fingerprint density at radius 2 is 1.74 bits per heavy atom. The van der Waals surface area contributed by atoms with Crippen LogP contribution in [0, 0.1) is 0 Å². The summed E-state index contributed by atoms with van der Waals surface area (Å²) in [6, 6.07) is 11.3. The van der Waals surface area contributed by atoms with Crippen molar-refractivity contribution in [3.8, 4) is 0 Å². The van der Waals surface area contributed by atoms with Gasteiger partial charge in [-0.05, 0) is 55.8 Å². The highest BCUT2D eigenvalue weighted by Gasteiger charge is 2.43. The number of piperidine rings is 1. The van der Waals surface area contributed by atoms with Crippen LogP contribution in [0.25, 0.3) is 0 Å². The standard InChI is InChI=1S/C24H29Cl3FN3O3S/c1-30(16-17-3-6-19(25)7-4-17)23(32)24(28,18-5-8-21(26)22(27)15-18)11-14-31-12-9-20(10-13-31)29-35(2,33)34/h3-8,15,20,29H,9-14,16H2,1-2H3. The summed E-state index contributed by atoms with van der Waals surface area (Å²) in [5, 5.41) is 1.03. The third-order valence-corrected chi connectivity index (χ3v) is 7.89. The first kappa shape index (κ1) is 28.2. The molecular weight excluding hydrogens is 536 g/mol. The molecule has 0 bridgehead atoms. The van der Waals surface area contributed by atoms with Crippen molar-refractivity contribution in [2.75, 3.05) is 32.9 Å². The first-order valence-electron chi connectivity index (χ1n) is 11.2. The first-order valence-corrected chi connectivity index (χ1v) is 14.2. The van der Waals surface area contributed by atoms with Crippen molar-refractivity contribution in [3.05, 3.63) is 68.7 Å². The molecule has 1 saturated heterocycles. The van der Waals surface area contributed by atoms with Crippen molar-refractivity contribution in [1.82, 2.24) is 14.5 Å². The van der Waals surface area contributed by atoms with E-state index in [1.807, 2.05) is 4.90 Å². The van der Waals surface area contributed by atoms with Crippen LogP contribution in [0.15, 0.2) is 42.5 Å². The Morgan fingerprint density at radius 3 is 2.31 bits per heavy atom. The molecule has 0 radical (unpaired) electrons. The van der Waals surface area contributed by atoms with Gasteiger partial charge in [0.05, 0.1) is 16.3 Å². The lowest BCUT2D eigenvalue weighted by molar-refractivity contribution is -0.145. The molecule has 1 N–H and O–H groups in total. The van der Waals surface area contributed by atoms with E-state index in [2.05, 4.69) is 4.72 Å². The second-order valence-corrected chi connectivity index (χ2v) is 12.0. The van der Waals surface area contributed by atoms with Gasteiger partial charge in [-0.25, -0.2) is 17.5 Å². The zero-order valence-corrected chi connectivity index (χ0v) is 22.7. The quantitative estimate of drug-likeness (QED) is 0.472. The number of carbonyl (C=O) groups excluding carboxylic acids is 1. The smallest absolute Gasteiger partial charge is 0.265 e. The van der Waals surface area contributed by atoms with Crippen molar-refractivity contribution in [2.24, 2.45) is 0 Å². The van der Waals surface area contributed by atoms with Crippen molar-refractivity contribution in [3.63, 3.8) is 0 Å². The zero-order chi connectivity index (χ0) is 25.8. The van der Waals surface area contributed by atoms with Crippen LogP contribution in [0.1, 0.15) is 30.4 Å². The van der Waals surface area contributed by atoms with E-state index in [4.69, 9.17) is 34.8 Å². The number of likely N-dealkylation sites (N-methyl/N-ethyl adjacent to an activating group) is 1. The predicted molar refractivity (Wildman–Crippen MR) is 139 cm³/mol. The number of nitrogens with one attached hydrogen (secondary N) is 1. The summed E-state index contributed by atoms with van der Waals surface area (Å²) in [7, 11) is -1.72. The Labute approximate surface area is 221 Å². The normalized spacial score (nSPS) is 17.2. The SMILES string of the molecule is CN(Cc1ccc(Cl)cc1)C(=O)C(F)(CCN1CCC(NS(C)(=O)=O)CC1)c1ccc(Cl)c(Cl)c1. The Kier molecular flexibility index (Phi) is 9.45. The third kappa shape index (κ3) is 7.78. The van der Waals surface area contributed by atoms with E-state index in [0.29, 0.717) is 37.5 Å². The molecule has 3 rings (SSSR count). The van der Waals surface area contributed by atoms with Crippen LogP contribution in [-0.2, 0) is 27.0 Å². The van der Waals surface area contributed by atoms with Crippen LogP contribution in [-0.4, -0.2) is 63.1 Å². The van der Waals surface area contributed by atoms with Gasteiger partial charge in [-0.3, -0.25) is 4.79 Å². The third-order valence-electron chi connectivity index (χ3n) is 6.14. The van der Waals surface area contributed by atoms with E-state index in [1.54, 1.807) is 31.3 Å². The largest absolute Gasteiger partial charge is 0.338 e. The number of sulfonamides is 1. The number of benzene rings is 2. The molecule has 11 heteroatoms. The minimum absolute atomic E-state index is 0.0844. The summed E-state index contributed by atoms with van der Waals surface area (Å²) < 4.78 is 42.3. The summed E-state index contributed by atoms with van der Waals surface area (Å²) >= 11 is 18.1. The molecule has 2 aromatic rings. The summed E-state index contributed by atoms with van der Waals surface area (Å²) in [5.74, 6) is -0.681. The summed E-state index contributed by atoms with van der Waals surface area (Å²) in [5.41, 5.74) is -1.35. The molecule has 1 aliphatic heterocycles. The van der Waals surface area contributed by atoms with E-state index < -0.39 is 21.6 Å². The molecule has 1 amide bonds. The molecule has 0 aliphatic carbocycles. The van der Waals surface area contributed by atoms with E-state index in [-0.39, 0.29) is 34.6 Å². The van der Waals surface area contributed by atoms with E-state index in [0.717, 1.165) is 11.8 Å². The summed E-state index contributed by atoms with van der Waals surface area (Å²) in [6.07, 6.45) is 2.28. The van der Waals surface area contributed by atoms with Crippen LogP contribution >= 0.6 is 34.8 Å². The first-order chi connectivity index (χ1) is 16.4. The van der Waals surface area contributed by atoms with Gasteiger partial charge >= 0.3 is 0 Å². The molecule has 192 valence electrons. The van der Waals surface area contributed by atoms with Gasteiger partial charge < -0.3 is 9.80 Å². The van der Waals surface area contributed by atoms with Gasteiger partial charge in [0.2, 0.25) is 15.7 Å². The highest BCUT2D eigenvalue weighted by molar-refractivity contribution is 7.88. The lowest BCUT2D eigenvalue weighted by Gasteiger charge is -2.35. The van der Waals surface area contributed by atoms with Crippen molar-refractivity contribution >= 4 is 50.7 Å². The minimum atomic E-state index is -3.28. The van der Waals surface area contributed by atoms with E-state index >= 15 is 4.39 Å². The number of alkyl halides is 1. The van der Waals surface area contributed by atoms with Gasteiger partial charge in [0.15, 0.2) is 0 Å². The molecule has 1 fully saturated rings. The number of amides is 1. The number of rotatable bonds is 9. The summed E-state index contributed by atoms with van der Waals surface area (Å²) in [6.45, 7) is 1.73. The molecule has 2 aromatic carbocycles. The van der Waals surface area contributed by atoms with Gasteiger partial charge in [-0.1, -0.05) is 53.0 Å². The fourth-order valence-electron chi connectivity index (χ4n) is 4.24. The molecule has 0 aromatic heterocycles. The highest BCUT2D eigenvalue weighted by Crippen LogP contribution is 2.36. The Bertz CT molecular complexity index is 1140. The summed E-state index contributed by atoms with van der Waals surface area (Å²) in [4.78, 5) is 16.9. The van der Waals surface area contributed by atoms with E-state index in [9.17, 15) is 13.2 Å². The molecule has 0 saturated carbocycles. The Balaban J connectivity index is 1.75. The molecule has 1 atom stereocenters. The number of carbonyl (C=O) groups is 1. The van der Waals surface area contributed by atoms with Crippen LogP contribution in [0.2, 0.25) is 15.1 Å². The lowest BCUT2D eigenvalue weighted by Crippen LogP contribution is -2.47. The highest BCUT2D eigenvalue weighted by atomic mass is 35.5. The van der Waals surface area contributed by atoms with Gasteiger partial charge in [0.25, 0.3) is 5.91 Å². The van der Waals surface area contributed by atoms with Gasteiger partial charge in [-0.15, -0.1) is 0 Å². The number of hydrogen-bond donors (Lipinski definition) is 1. The Morgan fingerprint density at radius 1 is 1.11 bits per heavy atom.